The summed E-state index contributed by atoms with van der Waals surface area (Å²) in [6.07, 6.45) is 1.72. The highest BCUT2D eigenvalue weighted by Crippen LogP contribution is 2.30. The van der Waals surface area contributed by atoms with Crippen LogP contribution in [0.1, 0.15) is 24.5 Å². The minimum atomic E-state index is 0.136. The monoisotopic (exact) mass is 253 g/mol. The number of hydrogen-bond donors (Lipinski definition) is 1. The molecule has 4 nitrogen and oxygen atoms in total. The van der Waals surface area contributed by atoms with E-state index in [1.54, 1.807) is 21.3 Å². The molecule has 1 rings (SSSR count). The van der Waals surface area contributed by atoms with Crippen molar-refractivity contribution < 1.29 is 14.2 Å². The Morgan fingerprint density at radius 3 is 2.11 bits per heavy atom. The minimum absolute atomic E-state index is 0.136. The molecule has 0 heterocycles. The van der Waals surface area contributed by atoms with Crippen LogP contribution in [0.15, 0.2) is 12.1 Å². The van der Waals surface area contributed by atoms with Crippen molar-refractivity contribution in [1.82, 2.24) is 0 Å². The SMILES string of the molecule is CC[C@@H](N)Cc1cc(OC)c(COC)cc1OC. The summed E-state index contributed by atoms with van der Waals surface area (Å²) in [6.45, 7) is 2.58. The molecule has 2 N–H and O–H groups in total. The van der Waals surface area contributed by atoms with Crippen LogP contribution >= 0.6 is 0 Å². The Morgan fingerprint density at radius 1 is 1.06 bits per heavy atom. The number of hydrogen-bond acceptors (Lipinski definition) is 4. The van der Waals surface area contributed by atoms with Gasteiger partial charge >= 0.3 is 0 Å². The zero-order chi connectivity index (χ0) is 13.5. The van der Waals surface area contributed by atoms with E-state index in [1.165, 1.54) is 0 Å². The molecule has 0 aliphatic carbocycles. The van der Waals surface area contributed by atoms with E-state index < -0.39 is 0 Å². The van der Waals surface area contributed by atoms with Crippen LogP contribution in [-0.4, -0.2) is 27.4 Å². The van der Waals surface area contributed by atoms with E-state index in [2.05, 4.69) is 6.92 Å². The lowest BCUT2D eigenvalue weighted by molar-refractivity contribution is 0.181. The van der Waals surface area contributed by atoms with Crippen LogP contribution in [0.5, 0.6) is 11.5 Å². The molecule has 0 saturated carbocycles. The lowest BCUT2D eigenvalue weighted by atomic mass is 10.0. The van der Waals surface area contributed by atoms with Crippen molar-refractivity contribution in [1.29, 1.82) is 0 Å². The molecule has 0 aliphatic rings. The van der Waals surface area contributed by atoms with Crippen LogP contribution in [0, 0.1) is 0 Å². The summed E-state index contributed by atoms with van der Waals surface area (Å²) in [5, 5.41) is 0. The third-order valence-electron chi connectivity index (χ3n) is 2.99. The van der Waals surface area contributed by atoms with Gasteiger partial charge in [0.05, 0.1) is 20.8 Å². The first kappa shape index (κ1) is 14.8. The number of methoxy groups -OCH3 is 3. The summed E-state index contributed by atoms with van der Waals surface area (Å²) in [4.78, 5) is 0. The summed E-state index contributed by atoms with van der Waals surface area (Å²) in [6, 6.07) is 4.08. The molecule has 0 bridgehead atoms. The normalized spacial score (nSPS) is 12.3. The fourth-order valence-electron chi connectivity index (χ4n) is 1.88. The van der Waals surface area contributed by atoms with Crippen molar-refractivity contribution in [3.63, 3.8) is 0 Å². The van der Waals surface area contributed by atoms with E-state index in [4.69, 9.17) is 19.9 Å². The molecule has 0 spiro atoms. The van der Waals surface area contributed by atoms with Crippen LogP contribution in [0.2, 0.25) is 0 Å². The zero-order valence-corrected chi connectivity index (χ0v) is 11.7. The lowest BCUT2D eigenvalue weighted by Gasteiger charge is -2.16. The third kappa shape index (κ3) is 3.62. The van der Waals surface area contributed by atoms with Gasteiger partial charge in [-0.25, -0.2) is 0 Å². The van der Waals surface area contributed by atoms with Gasteiger partial charge in [0.15, 0.2) is 0 Å². The standard InChI is InChI=1S/C14H23NO3/c1-5-12(15)6-10-7-14(18-4)11(9-16-2)8-13(10)17-3/h7-8,12H,5-6,9,15H2,1-4H3/t12-/m1/s1. The molecule has 0 radical (unpaired) electrons. The molecule has 0 aliphatic heterocycles. The Hall–Kier alpha value is -1.26. The highest BCUT2D eigenvalue weighted by atomic mass is 16.5. The predicted octanol–water partition coefficient (Wildman–Crippen LogP) is 2.13. The maximum atomic E-state index is 6.00. The average Bonchev–Trinajstić information content (AvgIpc) is 2.39. The van der Waals surface area contributed by atoms with Crippen molar-refractivity contribution in [3.05, 3.63) is 23.3 Å². The van der Waals surface area contributed by atoms with E-state index in [0.29, 0.717) is 6.61 Å². The van der Waals surface area contributed by atoms with Gasteiger partial charge in [0.25, 0.3) is 0 Å². The summed E-state index contributed by atoms with van der Waals surface area (Å²) in [5.74, 6) is 1.66. The van der Waals surface area contributed by atoms with Gasteiger partial charge in [0, 0.05) is 18.7 Å². The number of nitrogens with two attached hydrogens (primary N) is 1. The Morgan fingerprint density at radius 2 is 1.61 bits per heavy atom. The van der Waals surface area contributed by atoms with Gasteiger partial charge < -0.3 is 19.9 Å². The lowest BCUT2D eigenvalue weighted by Crippen LogP contribution is -2.21. The van der Waals surface area contributed by atoms with E-state index in [-0.39, 0.29) is 6.04 Å². The molecule has 102 valence electrons. The fraction of sp³-hybridized carbons (Fsp3) is 0.571. The van der Waals surface area contributed by atoms with Crippen molar-refractivity contribution in [3.8, 4) is 11.5 Å². The first-order valence-electron chi connectivity index (χ1n) is 6.14. The van der Waals surface area contributed by atoms with Gasteiger partial charge in [-0.2, -0.15) is 0 Å². The van der Waals surface area contributed by atoms with Gasteiger partial charge in [0.2, 0.25) is 0 Å². The Bertz CT molecular complexity index is 380. The van der Waals surface area contributed by atoms with Crippen molar-refractivity contribution >= 4 is 0 Å². The molecule has 0 saturated heterocycles. The van der Waals surface area contributed by atoms with Crippen LogP contribution in [-0.2, 0) is 17.8 Å². The third-order valence-corrected chi connectivity index (χ3v) is 2.99. The van der Waals surface area contributed by atoms with Gasteiger partial charge in [-0.3, -0.25) is 0 Å². The molecule has 0 fully saturated rings. The van der Waals surface area contributed by atoms with E-state index >= 15 is 0 Å². The quantitative estimate of drug-likeness (QED) is 0.808. The minimum Gasteiger partial charge on any atom is -0.496 e. The molecule has 0 aromatic heterocycles. The topological polar surface area (TPSA) is 53.7 Å². The first-order valence-corrected chi connectivity index (χ1v) is 6.14. The van der Waals surface area contributed by atoms with Gasteiger partial charge in [0.1, 0.15) is 11.5 Å². The van der Waals surface area contributed by atoms with Crippen molar-refractivity contribution in [2.24, 2.45) is 5.73 Å². The highest BCUT2D eigenvalue weighted by Gasteiger charge is 2.13. The number of rotatable bonds is 7. The second-order valence-electron chi connectivity index (χ2n) is 4.28. The van der Waals surface area contributed by atoms with Crippen LogP contribution in [0.4, 0.5) is 0 Å². The molecular weight excluding hydrogens is 230 g/mol. The van der Waals surface area contributed by atoms with Crippen LogP contribution in [0.3, 0.4) is 0 Å². The fourth-order valence-corrected chi connectivity index (χ4v) is 1.88. The highest BCUT2D eigenvalue weighted by molar-refractivity contribution is 5.46. The number of benzene rings is 1. The zero-order valence-electron chi connectivity index (χ0n) is 11.7. The summed E-state index contributed by atoms with van der Waals surface area (Å²) in [7, 11) is 4.98. The smallest absolute Gasteiger partial charge is 0.124 e. The van der Waals surface area contributed by atoms with Crippen molar-refractivity contribution in [2.45, 2.75) is 32.4 Å². The Labute approximate surface area is 109 Å². The molecule has 0 unspecified atom stereocenters. The molecule has 1 atom stereocenters. The molecule has 18 heavy (non-hydrogen) atoms. The van der Waals surface area contributed by atoms with Crippen LogP contribution < -0.4 is 15.2 Å². The molecule has 1 aromatic carbocycles. The summed E-state index contributed by atoms with van der Waals surface area (Å²) >= 11 is 0. The number of ether oxygens (including phenoxy) is 3. The second kappa shape index (κ2) is 7.24. The Balaban J connectivity index is 3.09. The first-order chi connectivity index (χ1) is 8.65. The maximum Gasteiger partial charge on any atom is 0.124 e. The van der Waals surface area contributed by atoms with E-state index in [0.717, 1.165) is 35.5 Å². The summed E-state index contributed by atoms with van der Waals surface area (Å²) < 4.78 is 15.9. The maximum absolute atomic E-state index is 6.00. The molecule has 0 amide bonds. The molecule has 1 aromatic rings. The van der Waals surface area contributed by atoms with Crippen LogP contribution in [0.25, 0.3) is 0 Å². The second-order valence-corrected chi connectivity index (χ2v) is 4.28. The molecule has 4 heteroatoms. The van der Waals surface area contributed by atoms with E-state index in [9.17, 15) is 0 Å². The Kier molecular flexibility index (Phi) is 5.95. The van der Waals surface area contributed by atoms with E-state index in [1.807, 2.05) is 12.1 Å². The largest absolute Gasteiger partial charge is 0.496 e. The average molecular weight is 253 g/mol. The molecular formula is C14H23NO3. The predicted molar refractivity (Wildman–Crippen MR) is 72.2 cm³/mol. The summed E-state index contributed by atoms with van der Waals surface area (Å²) in [5.41, 5.74) is 8.05. The van der Waals surface area contributed by atoms with Gasteiger partial charge in [-0.05, 0) is 30.5 Å². The van der Waals surface area contributed by atoms with Crippen molar-refractivity contribution in [2.75, 3.05) is 21.3 Å². The van der Waals surface area contributed by atoms with Gasteiger partial charge in [-0.15, -0.1) is 0 Å². The van der Waals surface area contributed by atoms with Gasteiger partial charge in [-0.1, -0.05) is 6.92 Å².